The lowest BCUT2D eigenvalue weighted by Crippen LogP contribution is -2.22. The number of benzene rings is 3. The van der Waals surface area contributed by atoms with Crippen molar-refractivity contribution in [3.8, 4) is 0 Å². The summed E-state index contributed by atoms with van der Waals surface area (Å²) >= 11 is 6.94. The second kappa shape index (κ2) is 11.8. The second-order valence-electron chi connectivity index (χ2n) is 8.01. The first-order valence-corrected chi connectivity index (χ1v) is 14.1. The van der Waals surface area contributed by atoms with Gasteiger partial charge in [0, 0.05) is 16.3 Å². The minimum absolute atomic E-state index is 0.00429. The zero-order valence-corrected chi connectivity index (χ0v) is 23.1. The van der Waals surface area contributed by atoms with Crippen LogP contribution < -0.4 is 9.52 Å². The minimum atomic E-state index is -3.93. The normalized spacial score (nSPS) is 11.8. The molecule has 1 N–H and O–H groups in total. The first-order chi connectivity index (χ1) is 18.6. The van der Waals surface area contributed by atoms with Crippen molar-refractivity contribution in [3.05, 3.63) is 87.7 Å². The van der Waals surface area contributed by atoms with Gasteiger partial charge < -0.3 is 14.0 Å². The van der Waals surface area contributed by atoms with Gasteiger partial charge in [0.05, 0.1) is 34.4 Å². The Bertz CT molecular complexity index is 1740. The van der Waals surface area contributed by atoms with Crippen LogP contribution in [0.25, 0.3) is 10.2 Å². The summed E-state index contributed by atoms with van der Waals surface area (Å²) < 4.78 is 39.8. The Morgan fingerprint density at radius 3 is 2.46 bits per heavy atom. The largest absolute Gasteiger partial charge is 0.468 e. The summed E-state index contributed by atoms with van der Waals surface area (Å²) in [4.78, 5) is 41.8. The van der Waals surface area contributed by atoms with Gasteiger partial charge in [-0.1, -0.05) is 29.0 Å². The van der Waals surface area contributed by atoms with Crippen LogP contribution in [-0.4, -0.2) is 44.5 Å². The summed E-state index contributed by atoms with van der Waals surface area (Å²) in [6, 6.07) is 16.3. The van der Waals surface area contributed by atoms with E-state index in [4.69, 9.17) is 21.1 Å². The van der Waals surface area contributed by atoms with Gasteiger partial charge in [0.25, 0.3) is 15.9 Å². The maximum absolute atomic E-state index is 13.1. The molecule has 10 nitrogen and oxygen atoms in total. The number of methoxy groups -OCH3 is 1. The van der Waals surface area contributed by atoms with Crippen molar-refractivity contribution < 1.29 is 32.3 Å². The molecule has 0 aliphatic carbocycles. The van der Waals surface area contributed by atoms with E-state index in [1.54, 1.807) is 25.1 Å². The van der Waals surface area contributed by atoms with Gasteiger partial charge in [-0.3, -0.25) is 14.3 Å². The molecule has 39 heavy (non-hydrogen) atoms. The molecule has 0 saturated carbocycles. The predicted octanol–water partition coefficient (Wildman–Crippen LogP) is 4.25. The van der Waals surface area contributed by atoms with E-state index < -0.39 is 27.9 Å². The summed E-state index contributed by atoms with van der Waals surface area (Å²) in [6.45, 7) is 1.70. The molecule has 0 aliphatic heterocycles. The number of aromatic nitrogens is 1. The van der Waals surface area contributed by atoms with Crippen LogP contribution in [0.1, 0.15) is 27.6 Å². The zero-order valence-electron chi connectivity index (χ0n) is 20.7. The molecular formula is C26H22ClN3O7S2. The Labute approximate surface area is 232 Å². The standard InChI is InChI=1S/C26H22ClN3O7S2/c1-3-37-25(33)17-7-12-21-22(14-17)38-26(30(21)15-23(31)36-2)28-24(32)16-5-4-6-19(13-16)29-39(34,35)20-10-8-18(27)9-11-20/h4-14,29H,3,15H2,1-2H3. The quantitative estimate of drug-likeness (QED) is 0.305. The number of sulfonamides is 1. The third-order valence-electron chi connectivity index (χ3n) is 5.39. The maximum Gasteiger partial charge on any atom is 0.338 e. The highest BCUT2D eigenvalue weighted by atomic mass is 35.5. The molecule has 0 spiro atoms. The molecule has 0 bridgehead atoms. The van der Waals surface area contributed by atoms with Crippen molar-refractivity contribution in [1.82, 2.24) is 4.57 Å². The highest BCUT2D eigenvalue weighted by Gasteiger charge is 2.17. The average molecular weight is 588 g/mol. The van der Waals surface area contributed by atoms with Crippen molar-refractivity contribution in [2.24, 2.45) is 4.99 Å². The molecule has 1 aromatic heterocycles. The van der Waals surface area contributed by atoms with Crippen molar-refractivity contribution in [1.29, 1.82) is 0 Å². The van der Waals surface area contributed by atoms with Crippen LogP contribution in [0.4, 0.5) is 5.69 Å². The molecule has 202 valence electrons. The number of fused-ring (bicyclic) bond motifs is 1. The molecule has 1 heterocycles. The number of ether oxygens (including phenoxy) is 2. The van der Waals surface area contributed by atoms with Crippen molar-refractivity contribution in [3.63, 3.8) is 0 Å². The fraction of sp³-hybridized carbons (Fsp3) is 0.154. The number of hydrogen-bond donors (Lipinski definition) is 1. The lowest BCUT2D eigenvalue weighted by molar-refractivity contribution is -0.141. The number of esters is 2. The first kappa shape index (κ1) is 28.0. The van der Waals surface area contributed by atoms with E-state index in [1.807, 2.05) is 0 Å². The minimum Gasteiger partial charge on any atom is -0.468 e. The number of amides is 1. The average Bonchev–Trinajstić information content (AvgIpc) is 3.24. The molecular weight excluding hydrogens is 566 g/mol. The van der Waals surface area contributed by atoms with Gasteiger partial charge in [-0.15, -0.1) is 0 Å². The first-order valence-electron chi connectivity index (χ1n) is 11.5. The molecule has 0 radical (unpaired) electrons. The van der Waals surface area contributed by atoms with Gasteiger partial charge in [-0.2, -0.15) is 4.99 Å². The summed E-state index contributed by atoms with van der Waals surface area (Å²) in [5, 5.41) is 0.394. The number of thiazole rings is 1. The van der Waals surface area contributed by atoms with E-state index >= 15 is 0 Å². The smallest absolute Gasteiger partial charge is 0.338 e. The number of carbonyl (C=O) groups is 3. The van der Waals surface area contributed by atoms with Gasteiger partial charge in [0.1, 0.15) is 6.54 Å². The van der Waals surface area contributed by atoms with E-state index in [-0.39, 0.29) is 34.1 Å². The van der Waals surface area contributed by atoms with Crippen LogP contribution in [0.15, 0.2) is 76.6 Å². The Balaban J connectivity index is 1.70. The van der Waals surface area contributed by atoms with Crippen molar-refractivity contribution in [2.75, 3.05) is 18.4 Å². The van der Waals surface area contributed by atoms with Crippen LogP contribution in [-0.2, 0) is 30.8 Å². The highest BCUT2D eigenvalue weighted by Crippen LogP contribution is 2.22. The van der Waals surface area contributed by atoms with Crippen LogP contribution in [0.2, 0.25) is 5.02 Å². The molecule has 4 rings (SSSR count). The van der Waals surface area contributed by atoms with Gasteiger partial charge in [0.15, 0.2) is 4.80 Å². The van der Waals surface area contributed by atoms with E-state index in [0.29, 0.717) is 20.8 Å². The molecule has 3 aromatic carbocycles. The monoisotopic (exact) mass is 587 g/mol. The summed E-state index contributed by atoms with van der Waals surface area (Å²) in [5.74, 6) is -1.73. The number of carbonyl (C=O) groups excluding carboxylic acids is 3. The van der Waals surface area contributed by atoms with Crippen LogP contribution in [0, 0.1) is 0 Å². The lowest BCUT2D eigenvalue weighted by Gasteiger charge is -2.09. The van der Waals surface area contributed by atoms with Crippen LogP contribution in [0.5, 0.6) is 0 Å². The Kier molecular flexibility index (Phi) is 8.48. The number of halogens is 1. The molecule has 4 aromatic rings. The fourth-order valence-electron chi connectivity index (χ4n) is 3.54. The summed E-state index contributed by atoms with van der Waals surface area (Å²) in [5.41, 5.74) is 1.15. The molecule has 13 heteroatoms. The van der Waals surface area contributed by atoms with E-state index in [1.165, 1.54) is 60.2 Å². The Morgan fingerprint density at radius 1 is 1.03 bits per heavy atom. The molecule has 0 fully saturated rings. The SMILES string of the molecule is CCOC(=O)c1ccc2c(c1)sc(=NC(=O)c1cccc(NS(=O)(=O)c3ccc(Cl)cc3)c1)n2CC(=O)OC. The number of anilines is 1. The lowest BCUT2D eigenvalue weighted by atomic mass is 10.2. The Hall–Kier alpha value is -4.00. The zero-order chi connectivity index (χ0) is 28.2. The topological polar surface area (TPSA) is 133 Å². The third-order valence-corrected chi connectivity index (χ3v) is 8.08. The number of rotatable bonds is 8. The van der Waals surface area contributed by atoms with E-state index in [9.17, 15) is 22.8 Å². The number of nitrogens with zero attached hydrogens (tertiary/aromatic N) is 2. The van der Waals surface area contributed by atoms with Gasteiger partial charge in [-0.05, 0) is 67.6 Å². The van der Waals surface area contributed by atoms with Crippen LogP contribution >= 0.6 is 22.9 Å². The molecule has 0 aliphatic rings. The number of hydrogen-bond acceptors (Lipinski definition) is 8. The van der Waals surface area contributed by atoms with E-state index in [0.717, 1.165) is 11.3 Å². The van der Waals surface area contributed by atoms with Gasteiger partial charge in [-0.25, -0.2) is 13.2 Å². The van der Waals surface area contributed by atoms with Crippen molar-refractivity contribution in [2.45, 2.75) is 18.4 Å². The van der Waals surface area contributed by atoms with Gasteiger partial charge >= 0.3 is 11.9 Å². The molecule has 1 amide bonds. The second-order valence-corrected chi connectivity index (χ2v) is 11.1. The van der Waals surface area contributed by atoms with E-state index in [2.05, 4.69) is 9.71 Å². The van der Waals surface area contributed by atoms with Gasteiger partial charge in [0.2, 0.25) is 0 Å². The van der Waals surface area contributed by atoms with Crippen molar-refractivity contribution >= 4 is 66.7 Å². The fourth-order valence-corrected chi connectivity index (χ4v) is 5.78. The number of nitrogens with one attached hydrogen (secondary N) is 1. The Morgan fingerprint density at radius 2 is 1.77 bits per heavy atom. The molecule has 0 atom stereocenters. The summed E-state index contributed by atoms with van der Waals surface area (Å²) in [7, 11) is -2.68. The summed E-state index contributed by atoms with van der Waals surface area (Å²) in [6.07, 6.45) is 0. The molecule has 0 saturated heterocycles. The van der Waals surface area contributed by atoms with Crippen LogP contribution in [0.3, 0.4) is 0 Å². The third kappa shape index (κ3) is 6.53. The molecule has 0 unspecified atom stereocenters. The predicted molar refractivity (Wildman–Crippen MR) is 146 cm³/mol. The highest BCUT2D eigenvalue weighted by molar-refractivity contribution is 7.92. The maximum atomic E-state index is 13.1.